The van der Waals surface area contributed by atoms with Gasteiger partial charge in [0.05, 0.1) is 25.4 Å². The fraction of sp³-hybridized carbons (Fsp3) is 0.714. The predicted molar refractivity (Wildman–Crippen MR) is 76.5 cm³/mol. The van der Waals surface area contributed by atoms with Crippen molar-refractivity contribution in [1.82, 2.24) is 4.90 Å². The predicted octanol–water partition coefficient (Wildman–Crippen LogP) is 1.74. The molecule has 2 unspecified atom stereocenters. The monoisotopic (exact) mass is 285 g/mol. The molecule has 0 bridgehead atoms. The van der Waals surface area contributed by atoms with Gasteiger partial charge in [0.2, 0.25) is 0 Å². The Hall–Kier alpha value is -0.460. The van der Waals surface area contributed by atoms with Crippen molar-refractivity contribution >= 4 is 11.3 Å². The Kier molecular flexibility index (Phi) is 6.26. The van der Waals surface area contributed by atoms with Crippen LogP contribution in [0.25, 0.3) is 0 Å². The lowest BCUT2D eigenvalue weighted by atomic mass is 10.2. The summed E-state index contributed by atoms with van der Waals surface area (Å²) < 4.78 is 11.1. The molecular formula is C14H23NO3S. The van der Waals surface area contributed by atoms with Crippen LogP contribution in [0.15, 0.2) is 17.5 Å². The van der Waals surface area contributed by atoms with E-state index >= 15 is 0 Å². The average molecular weight is 285 g/mol. The van der Waals surface area contributed by atoms with Gasteiger partial charge in [0, 0.05) is 24.6 Å². The van der Waals surface area contributed by atoms with Crippen molar-refractivity contribution in [3.63, 3.8) is 0 Å². The van der Waals surface area contributed by atoms with Crippen molar-refractivity contribution < 1.29 is 14.6 Å². The molecule has 2 rings (SSSR count). The van der Waals surface area contributed by atoms with Gasteiger partial charge >= 0.3 is 0 Å². The lowest BCUT2D eigenvalue weighted by Gasteiger charge is -2.23. The average Bonchev–Trinajstić information content (AvgIpc) is 3.01. The molecule has 5 heteroatoms. The van der Waals surface area contributed by atoms with Gasteiger partial charge in [0.15, 0.2) is 0 Å². The maximum atomic E-state index is 9.92. The standard InChI is InChI=1S/C14H23NO3S/c1-15(9-13-4-2-6-18-13)8-12(16)10-17-11-14-5-3-7-19-14/h3,5,7,12-13,16H,2,4,6,8-11H2,1H3. The van der Waals surface area contributed by atoms with Crippen LogP contribution in [0.4, 0.5) is 0 Å². The normalized spacial score (nSPS) is 21.1. The van der Waals surface area contributed by atoms with Gasteiger partial charge in [-0.15, -0.1) is 11.3 Å². The third-order valence-corrected chi connectivity index (χ3v) is 4.05. The SMILES string of the molecule is CN(CC(O)COCc1cccs1)CC1CCCO1. The van der Waals surface area contributed by atoms with Crippen LogP contribution in [0.5, 0.6) is 0 Å². The molecule has 108 valence electrons. The second-order valence-corrected chi connectivity index (χ2v) is 6.14. The van der Waals surface area contributed by atoms with Gasteiger partial charge in [-0.2, -0.15) is 0 Å². The number of hydrogen-bond acceptors (Lipinski definition) is 5. The van der Waals surface area contributed by atoms with Crippen LogP contribution >= 0.6 is 11.3 Å². The van der Waals surface area contributed by atoms with Crippen molar-refractivity contribution in [1.29, 1.82) is 0 Å². The summed E-state index contributed by atoms with van der Waals surface area (Å²) in [5.41, 5.74) is 0. The number of nitrogens with zero attached hydrogens (tertiary/aromatic N) is 1. The summed E-state index contributed by atoms with van der Waals surface area (Å²) in [5.74, 6) is 0. The first-order valence-corrected chi connectivity index (χ1v) is 7.70. The van der Waals surface area contributed by atoms with Gasteiger partial charge in [-0.25, -0.2) is 0 Å². The van der Waals surface area contributed by atoms with Crippen LogP contribution in [-0.2, 0) is 16.1 Å². The lowest BCUT2D eigenvalue weighted by molar-refractivity contribution is 0.00532. The van der Waals surface area contributed by atoms with E-state index in [1.54, 1.807) is 11.3 Å². The van der Waals surface area contributed by atoms with E-state index in [2.05, 4.69) is 4.90 Å². The first kappa shape index (κ1) is 14.9. The van der Waals surface area contributed by atoms with Crippen LogP contribution in [-0.4, -0.2) is 55.6 Å². The fourth-order valence-corrected chi connectivity index (χ4v) is 2.95. The Balaban J connectivity index is 1.56. The highest BCUT2D eigenvalue weighted by molar-refractivity contribution is 7.09. The molecule has 0 spiro atoms. The van der Waals surface area contributed by atoms with Crippen molar-refractivity contribution in [2.45, 2.75) is 31.7 Å². The highest BCUT2D eigenvalue weighted by Gasteiger charge is 2.18. The summed E-state index contributed by atoms with van der Waals surface area (Å²) in [6, 6.07) is 4.05. The van der Waals surface area contributed by atoms with E-state index in [-0.39, 0.29) is 0 Å². The minimum absolute atomic E-state index is 0.337. The molecule has 4 nitrogen and oxygen atoms in total. The topological polar surface area (TPSA) is 41.9 Å². The Morgan fingerprint density at radius 3 is 3.21 bits per heavy atom. The molecule has 2 atom stereocenters. The fourth-order valence-electron chi connectivity index (χ4n) is 2.31. The zero-order valence-corrected chi connectivity index (χ0v) is 12.3. The van der Waals surface area contributed by atoms with E-state index in [1.165, 1.54) is 4.88 Å². The largest absolute Gasteiger partial charge is 0.389 e. The van der Waals surface area contributed by atoms with E-state index in [1.807, 2.05) is 24.6 Å². The van der Waals surface area contributed by atoms with Gasteiger partial charge in [-0.05, 0) is 31.3 Å². The molecule has 1 saturated heterocycles. The molecule has 0 aliphatic carbocycles. The van der Waals surface area contributed by atoms with Gasteiger partial charge in [-0.3, -0.25) is 0 Å². The number of hydrogen-bond donors (Lipinski definition) is 1. The number of thiophene rings is 1. The van der Waals surface area contributed by atoms with Gasteiger partial charge < -0.3 is 19.5 Å². The first-order valence-electron chi connectivity index (χ1n) is 6.82. The minimum Gasteiger partial charge on any atom is -0.389 e. The summed E-state index contributed by atoms with van der Waals surface area (Å²) in [6.07, 6.45) is 2.19. The molecule has 0 aromatic carbocycles. The van der Waals surface area contributed by atoms with Crippen LogP contribution in [0.1, 0.15) is 17.7 Å². The van der Waals surface area contributed by atoms with Crippen molar-refractivity contribution in [3.8, 4) is 0 Å². The van der Waals surface area contributed by atoms with Crippen molar-refractivity contribution in [2.24, 2.45) is 0 Å². The van der Waals surface area contributed by atoms with Crippen LogP contribution in [0.3, 0.4) is 0 Å². The van der Waals surface area contributed by atoms with Gasteiger partial charge in [0.1, 0.15) is 0 Å². The number of rotatable bonds is 8. The zero-order chi connectivity index (χ0) is 13.5. The van der Waals surface area contributed by atoms with E-state index in [0.717, 1.165) is 26.0 Å². The molecule has 1 aliphatic heterocycles. The van der Waals surface area contributed by atoms with Crippen molar-refractivity contribution in [3.05, 3.63) is 22.4 Å². The summed E-state index contributed by atoms with van der Waals surface area (Å²) in [4.78, 5) is 3.31. The number of aliphatic hydroxyl groups excluding tert-OH is 1. The summed E-state index contributed by atoms with van der Waals surface area (Å²) in [5, 5.41) is 12.0. The third-order valence-electron chi connectivity index (χ3n) is 3.20. The molecule has 0 amide bonds. The number of aliphatic hydroxyl groups is 1. The number of likely N-dealkylation sites (N-methyl/N-ethyl adjacent to an activating group) is 1. The quantitative estimate of drug-likeness (QED) is 0.790. The molecule has 1 N–H and O–H groups in total. The Bertz CT molecular complexity index is 338. The first-order chi connectivity index (χ1) is 9.24. The lowest BCUT2D eigenvalue weighted by Crippen LogP contribution is -2.36. The second-order valence-electron chi connectivity index (χ2n) is 5.10. The highest BCUT2D eigenvalue weighted by atomic mass is 32.1. The maximum absolute atomic E-state index is 9.92. The van der Waals surface area contributed by atoms with E-state index in [0.29, 0.717) is 25.9 Å². The van der Waals surface area contributed by atoms with Crippen molar-refractivity contribution in [2.75, 3.05) is 33.4 Å². The highest BCUT2D eigenvalue weighted by Crippen LogP contribution is 2.13. The molecule has 1 aliphatic rings. The minimum atomic E-state index is -0.439. The molecule has 0 saturated carbocycles. The van der Waals surface area contributed by atoms with Crippen LogP contribution in [0.2, 0.25) is 0 Å². The molecule has 2 heterocycles. The Morgan fingerprint density at radius 2 is 2.53 bits per heavy atom. The molecular weight excluding hydrogens is 262 g/mol. The molecule has 1 fully saturated rings. The Labute approximate surface area is 118 Å². The van der Waals surface area contributed by atoms with Gasteiger partial charge in [0.25, 0.3) is 0 Å². The summed E-state index contributed by atoms with van der Waals surface area (Å²) >= 11 is 1.68. The smallest absolute Gasteiger partial charge is 0.0900 e. The number of ether oxygens (including phenoxy) is 2. The Morgan fingerprint density at radius 1 is 1.63 bits per heavy atom. The second kappa shape index (κ2) is 7.97. The molecule has 1 aromatic heterocycles. The summed E-state index contributed by atoms with van der Waals surface area (Å²) in [7, 11) is 2.02. The third kappa shape index (κ3) is 5.58. The van der Waals surface area contributed by atoms with Crippen LogP contribution in [0, 0.1) is 0 Å². The van der Waals surface area contributed by atoms with E-state index in [9.17, 15) is 5.11 Å². The maximum Gasteiger partial charge on any atom is 0.0900 e. The molecule has 19 heavy (non-hydrogen) atoms. The zero-order valence-electron chi connectivity index (χ0n) is 11.5. The van der Waals surface area contributed by atoms with E-state index in [4.69, 9.17) is 9.47 Å². The van der Waals surface area contributed by atoms with Gasteiger partial charge in [-0.1, -0.05) is 6.07 Å². The summed E-state index contributed by atoms with van der Waals surface area (Å²) in [6.45, 7) is 3.37. The molecule has 0 radical (unpaired) electrons. The van der Waals surface area contributed by atoms with Crippen LogP contribution < -0.4 is 0 Å². The molecule has 1 aromatic rings. The van der Waals surface area contributed by atoms with E-state index < -0.39 is 6.10 Å².